The highest BCUT2D eigenvalue weighted by molar-refractivity contribution is 5.95. The minimum atomic E-state index is -0.642. The van der Waals surface area contributed by atoms with E-state index in [1.807, 2.05) is 0 Å². The van der Waals surface area contributed by atoms with Gasteiger partial charge in [0.05, 0.1) is 5.41 Å². The van der Waals surface area contributed by atoms with Gasteiger partial charge >= 0.3 is 0 Å². The molecule has 58 heavy (non-hydrogen) atoms. The molecule has 11 rings (SSSR count). The smallest absolute Gasteiger partial charge is 0.140 e. The lowest BCUT2D eigenvalue weighted by Gasteiger charge is -2.45. The second-order valence-electron chi connectivity index (χ2n) is 15.2. The first-order chi connectivity index (χ1) is 28.7. The van der Waals surface area contributed by atoms with Crippen LogP contribution in [0.4, 0.5) is 0 Å². The van der Waals surface area contributed by atoms with Gasteiger partial charge in [0.25, 0.3) is 0 Å². The van der Waals surface area contributed by atoms with Crippen molar-refractivity contribution in [3.63, 3.8) is 0 Å². The molecule has 0 fully saturated rings. The van der Waals surface area contributed by atoms with E-state index < -0.39 is 5.41 Å². The van der Waals surface area contributed by atoms with E-state index in [-0.39, 0.29) is 0 Å². The van der Waals surface area contributed by atoms with Crippen LogP contribution in [0, 0.1) is 6.92 Å². The first kappa shape index (κ1) is 33.9. The minimum absolute atomic E-state index is 0.642. The van der Waals surface area contributed by atoms with Crippen molar-refractivity contribution < 1.29 is 9.47 Å². The van der Waals surface area contributed by atoms with Gasteiger partial charge in [0, 0.05) is 27.8 Å². The van der Waals surface area contributed by atoms with E-state index in [0.717, 1.165) is 67.5 Å². The zero-order valence-corrected chi connectivity index (χ0v) is 32.0. The number of rotatable bonds is 5. The van der Waals surface area contributed by atoms with Gasteiger partial charge in [0.2, 0.25) is 0 Å². The van der Waals surface area contributed by atoms with Crippen molar-refractivity contribution in [1.82, 2.24) is 0 Å². The third-order valence-corrected chi connectivity index (χ3v) is 12.0. The molecule has 2 heteroatoms. The maximum atomic E-state index is 7.07. The Morgan fingerprint density at radius 1 is 0.310 bits per heavy atom. The summed E-state index contributed by atoms with van der Waals surface area (Å²) in [5, 5.41) is 0. The second-order valence-corrected chi connectivity index (χ2v) is 15.2. The molecular weight excluding hydrogens is 705 g/mol. The van der Waals surface area contributed by atoms with Gasteiger partial charge in [-0.15, -0.1) is 0 Å². The topological polar surface area (TPSA) is 18.5 Å². The molecule has 1 spiro atoms. The van der Waals surface area contributed by atoms with E-state index in [1.165, 1.54) is 38.9 Å². The van der Waals surface area contributed by atoms with E-state index in [2.05, 4.69) is 219 Å². The molecule has 0 saturated heterocycles. The van der Waals surface area contributed by atoms with Crippen molar-refractivity contribution in [2.75, 3.05) is 0 Å². The number of aryl methyl sites for hydroxylation is 1. The quantitative estimate of drug-likeness (QED) is 0.175. The lowest BCUT2D eigenvalue weighted by molar-refractivity contribution is 0.400. The van der Waals surface area contributed by atoms with Crippen LogP contribution in [0.3, 0.4) is 0 Å². The molecule has 0 aliphatic carbocycles. The third kappa shape index (κ3) is 5.26. The van der Waals surface area contributed by atoms with E-state index in [1.54, 1.807) is 0 Å². The number of fused-ring (bicyclic) bond motifs is 8. The summed E-state index contributed by atoms with van der Waals surface area (Å²) < 4.78 is 13.7. The summed E-state index contributed by atoms with van der Waals surface area (Å²) in [5.41, 5.74) is 16.6. The normalized spacial score (nSPS) is 13.0. The zero-order chi connectivity index (χ0) is 38.6. The summed E-state index contributed by atoms with van der Waals surface area (Å²) in [4.78, 5) is 0. The highest BCUT2D eigenvalue weighted by Crippen LogP contribution is 2.62. The van der Waals surface area contributed by atoms with Crippen LogP contribution in [-0.2, 0) is 5.41 Å². The fourth-order valence-electron chi connectivity index (χ4n) is 9.36. The van der Waals surface area contributed by atoms with Crippen LogP contribution in [0.5, 0.6) is 23.0 Å². The highest BCUT2D eigenvalue weighted by atomic mass is 16.5. The molecule has 0 amide bonds. The van der Waals surface area contributed by atoms with Gasteiger partial charge in [-0.1, -0.05) is 182 Å². The first-order valence-electron chi connectivity index (χ1n) is 19.9. The predicted molar refractivity (Wildman–Crippen MR) is 237 cm³/mol. The molecule has 0 atom stereocenters. The van der Waals surface area contributed by atoms with Gasteiger partial charge in [-0.3, -0.25) is 0 Å². The SMILES string of the molecule is Cc1ccc2c(c1-c1ccc(-c3cc(-c4ccccc4)c(-c4ccccc4)cc3-c3ccccc3)cc1)Oc1ccccc1C21c2ccccc2Oc2ccccc21. The van der Waals surface area contributed by atoms with Gasteiger partial charge in [-0.2, -0.15) is 0 Å². The standard InChI is InChI=1S/C56H38O2/c1-37-29-34-50-55(58-53-28-16-13-25-49(53)56(50)47-23-11-14-26-51(47)57-52-27-15-12-24-48(52)56)54(37)42-32-30-41(31-33-42)46-36-44(39-19-7-3-8-20-39)43(38-17-5-2-6-18-38)35-45(46)40-21-9-4-10-22-40/h2-36H,1H3. The first-order valence-corrected chi connectivity index (χ1v) is 19.9. The van der Waals surface area contributed by atoms with E-state index in [0.29, 0.717) is 0 Å². The molecule has 9 aromatic carbocycles. The zero-order valence-electron chi connectivity index (χ0n) is 32.0. The van der Waals surface area contributed by atoms with Crippen LogP contribution >= 0.6 is 0 Å². The van der Waals surface area contributed by atoms with Crippen molar-refractivity contribution in [2.45, 2.75) is 12.3 Å². The Morgan fingerprint density at radius 3 is 1.12 bits per heavy atom. The lowest BCUT2D eigenvalue weighted by Crippen LogP contribution is -2.37. The lowest BCUT2D eigenvalue weighted by atomic mass is 9.62. The number of hydrogen-bond acceptors (Lipinski definition) is 2. The van der Waals surface area contributed by atoms with Crippen molar-refractivity contribution in [3.8, 4) is 78.6 Å². The maximum Gasteiger partial charge on any atom is 0.140 e. The molecular formula is C56H38O2. The molecule has 0 saturated carbocycles. The molecule has 0 bridgehead atoms. The van der Waals surface area contributed by atoms with Crippen molar-refractivity contribution >= 4 is 0 Å². The number of benzene rings is 9. The Bertz CT molecular complexity index is 2920. The molecule has 9 aromatic rings. The fraction of sp³-hybridized carbons (Fsp3) is 0.0357. The molecule has 2 aliphatic heterocycles. The fourth-order valence-corrected chi connectivity index (χ4v) is 9.36. The molecule has 274 valence electrons. The van der Waals surface area contributed by atoms with E-state index in [4.69, 9.17) is 9.47 Å². The van der Waals surface area contributed by atoms with Crippen LogP contribution in [0.25, 0.3) is 55.6 Å². The molecule has 2 nitrogen and oxygen atoms in total. The van der Waals surface area contributed by atoms with Gasteiger partial charge in [0.1, 0.15) is 23.0 Å². The third-order valence-electron chi connectivity index (χ3n) is 12.0. The van der Waals surface area contributed by atoms with Gasteiger partial charge in [-0.05, 0) is 92.9 Å². The maximum absolute atomic E-state index is 7.07. The number of ether oxygens (including phenoxy) is 2. The van der Waals surface area contributed by atoms with E-state index >= 15 is 0 Å². The predicted octanol–water partition coefficient (Wildman–Crippen LogP) is 14.9. The summed E-state index contributed by atoms with van der Waals surface area (Å²) in [6.07, 6.45) is 0. The van der Waals surface area contributed by atoms with Gasteiger partial charge in [-0.25, -0.2) is 0 Å². The molecule has 2 aliphatic rings. The average Bonchev–Trinajstić information content (AvgIpc) is 3.29. The molecule has 2 heterocycles. The largest absolute Gasteiger partial charge is 0.457 e. The Kier molecular flexibility index (Phi) is 7.97. The molecule has 0 unspecified atom stereocenters. The van der Waals surface area contributed by atoms with Gasteiger partial charge < -0.3 is 9.47 Å². The van der Waals surface area contributed by atoms with Crippen molar-refractivity contribution in [1.29, 1.82) is 0 Å². The van der Waals surface area contributed by atoms with Crippen LogP contribution in [0.2, 0.25) is 0 Å². The Balaban J connectivity index is 1.11. The molecule has 0 N–H and O–H groups in total. The summed E-state index contributed by atoms with van der Waals surface area (Å²) in [7, 11) is 0. The van der Waals surface area contributed by atoms with Gasteiger partial charge in [0.15, 0.2) is 0 Å². The summed E-state index contributed by atoms with van der Waals surface area (Å²) >= 11 is 0. The summed E-state index contributed by atoms with van der Waals surface area (Å²) in [5.74, 6) is 3.45. The van der Waals surface area contributed by atoms with Crippen LogP contribution in [-0.4, -0.2) is 0 Å². The van der Waals surface area contributed by atoms with E-state index in [9.17, 15) is 0 Å². The monoisotopic (exact) mass is 742 g/mol. The molecule has 0 aromatic heterocycles. The van der Waals surface area contributed by atoms with Crippen LogP contribution in [0.15, 0.2) is 212 Å². The summed E-state index contributed by atoms with van der Waals surface area (Å²) in [6, 6.07) is 76.0. The van der Waals surface area contributed by atoms with Crippen LogP contribution < -0.4 is 9.47 Å². The average molecular weight is 743 g/mol. The minimum Gasteiger partial charge on any atom is -0.457 e. The Labute approximate surface area is 339 Å². The highest BCUT2D eigenvalue weighted by Gasteiger charge is 2.51. The van der Waals surface area contributed by atoms with Crippen molar-refractivity contribution in [3.05, 3.63) is 240 Å². The van der Waals surface area contributed by atoms with Crippen LogP contribution in [0.1, 0.15) is 27.8 Å². The molecule has 0 radical (unpaired) electrons. The number of para-hydroxylation sites is 3. The summed E-state index contributed by atoms with van der Waals surface area (Å²) in [6.45, 7) is 2.19. The Morgan fingerprint density at radius 2 is 0.672 bits per heavy atom. The Hall–Kier alpha value is -7.42. The second kappa shape index (κ2) is 13.7. The number of hydrogen-bond donors (Lipinski definition) is 0. The van der Waals surface area contributed by atoms with Crippen molar-refractivity contribution in [2.24, 2.45) is 0 Å².